The number of hydrogen-bond acceptors (Lipinski definition) is 4. The third-order valence-electron chi connectivity index (χ3n) is 4.96. The zero-order chi connectivity index (χ0) is 19.6. The first-order chi connectivity index (χ1) is 12.8. The van der Waals surface area contributed by atoms with E-state index in [1.54, 1.807) is 30.9 Å². The van der Waals surface area contributed by atoms with E-state index in [1.165, 1.54) is 0 Å². The van der Waals surface area contributed by atoms with Crippen molar-refractivity contribution in [3.05, 3.63) is 35.9 Å². The molecule has 2 saturated heterocycles. The first-order valence-corrected chi connectivity index (χ1v) is 9.06. The minimum Gasteiger partial charge on any atom is -0.349 e. The minimum atomic E-state index is -0.980. The average Bonchev–Trinajstić information content (AvgIpc) is 2.84. The molecule has 0 atom stereocenters. The average molecular weight is 372 g/mol. The Morgan fingerprint density at radius 3 is 2.33 bits per heavy atom. The third kappa shape index (κ3) is 4.10. The minimum absolute atomic E-state index is 0.00240. The Labute approximate surface area is 157 Å². The molecule has 0 spiro atoms. The number of rotatable bonds is 4. The molecule has 2 N–H and O–H groups in total. The van der Waals surface area contributed by atoms with Crippen molar-refractivity contribution in [2.75, 3.05) is 19.6 Å². The lowest BCUT2D eigenvalue weighted by Gasteiger charge is -2.33. The Morgan fingerprint density at radius 2 is 1.78 bits per heavy atom. The number of urea groups is 1. The van der Waals surface area contributed by atoms with Gasteiger partial charge in [0.25, 0.3) is 11.8 Å². The van der Waals surface area contributed by atoms with E-state index in [4.69, 9.17) is 0 Å². The van der Waals surface area contributed by atoms with Gasteiger partial charge in [-0.05, 0) is 38.8 Å². The molecule has 0 radical (unpaired) electrons. The van der Waals surface area contributed by atoms with Crippen LogP contribution >= 0.6 is 0 Å². The number of nitrogens with one attached hydrogen (secondary N) is 2. The summed E-state index contributed by atoms with van der Waals surface area (Å²) in [6, 6.07) is 8.45. The van der Waals surface area contributed by atoms with Crippen LogP contribution < -0.4 is 10.6 Å². The molecule has 0 unspecified atom stereocenters. The van der Waals surface area contributed by atoms with E-state index in [1.807, 2.05) is 18.2 Å². The number of likely N-dealkylation sites (tertiary alicyclic amines) is 1. The maximum absolute atomic E-state index is 12.5. The molecule has 3 rings (SSSR count). The zero-order valence-corrected chi connectivity index (χ0v) is 15.5. The molecular weight excluding hydrogens is 348 g/mol. The molecule has 0 saturated carbocycles. The lowest BCUT2D eigenvalue weighted by molar-refractivity contribution is -0.139. The molecule has 5 amide bonds. The molecule has 1 aromatic carbocycles. The van der Waals surface area contributed by atoms with Gasteiger partial charge in [0.1, 0.15) is 12.1 Å². The molecule has 27 heavy (non-hydrogen) atoms. The van der Waals surface area contributed by atoms with E-state index in [9.17, 15) is 19.2 Å². The number of carbonyl (C=O) groups is 4. The highest BCUT2D eigenvalue weighted by Gasteiger charge is 2.45. The Hall–Kier alpha value is -2.90. The van der Waals surface area contributed by atoms with Gasteiger partial charge in [0.2, 0.25) is 5.91 Å². The van der Waals surface area contributed by atoms with Crippen molar-refractivity contribution < 1.29 is 19.2 Å². The molecule has 144 valence electrons. The van der Waals surface area contributed by atoms with Crippen molar-refractivity contribution in [2.45, 2.75) is 38.3 Å². The van der Waals surface area contributed by atoms with Gasteiger partial charge in [0, 0.05) is 24.7 Å². The number of nitrogens with zero attached hydrogens (tertiary/aromatic N) is 2. The summed E-state index contributed by atoms with van der Waals surface area (Å²) in [5.74, 6) is -0.781. The van der Waals surface area contributed by atoms with Gasteiger partial charge in [0.05, 0.1) is 0 Å². The highest BCUT2D eigenvalue weighted by molar-refractivity contribution is 6.08. The van der Waals surface area contributed by atoms with Crippen LogP contribution in [0.4, 0.5) is 4.79 Å². The van der Waals surface area contributed by atoms with Gasteiger partial charge in [-0.15, -0.1) is 0 Å². The maximum atomic E-state index is 12.5. The maximum Gasteiger partial charge on any atom is 0.325 e. The van der Waals surface area contributed by atoms with Crippen LogP contribution in [-0.2, 0) is 9.59 Å². The summed E-state index contributed by atoms with van der Waals surface area (Å²) >= 11 is 0. The molecule has 0 bridgehead atoms. The number of benzene rings is 1. The fourth-order valence-electron chi connectivity index (χ4n) is 3.33. The molecule has 1 aromatic rings. The van der Waals surface area contributed by atoms with E-state index in [0.29, 0.717) is 31.5 Å². The second-order valence-electron chi connectivity index (χ2n) is 7.44. The molecular formula is C19H24N4O4. The van der Waals surface area contributed by atoms with Gasteiger partial charge >= 0.3 is 6.03 Å². The fraction of sp³-hybridized carbons (Fsp3) is 0.474. The van der Waals surface area contributed by atoms with Crippen LogP contribution in [0.15, 0.2) is 30.3 Å². The lowest BCUT2D eigenvalue weighted by atomic mass is 10.0. The first kappa shape index (κ1) is 18.9. The number of amides is 5. The SMILES string of the molecule is CC1(C)NC(=O)N(CC(=O)N2CCC(NC(=O)c3ccccc3)CC2)C1=O. The summed E-state index contributed by atoms with van der Waals surface area (Å²) in [5.41, 5.74) is -0.372. The van der Waals surface area contributed by atoms with E-state index in [2.05, 4.69) is 10.6 Å². The summed E-state index contributed by atoms with van der Waals surface area (Å²) in [7, 11) is 0. The Balaban J connectivity index is 1.49. The standard InChI is InChI=1S/C19H24N4O4/c1-19(2)17(26)23(18(27)21-19)12-15(24)22-10-8-14(9-11-22)20-16(25)13-6-4-3-5-7-13/h3-7,14H,8-12H2,1-2H3,(H,20,25)(H,21,27). The molecule has 0 aromatic heterocycles. The number of piperidine rings is 1. The van der Waals surface area contributed by atoms with E-state index in [-0.39, 0.29) is 24.4 Å². The molecule has 2 aliphatic rings. The van der Waals surface area contributed by atoms with Crippen LogP contribution in [0.1, 0.15) is 37.0 Å². The quantitative estimate of drug-likeness (QED) is 0.762. The molecule has 0 aliphatic carbocycles. The normalized spacial score (nSPS) is 19.8. The number of imide groups is 1. The second-order valence-corrected chi connectivity index (χ2v) is 7.44. The highest BCUT2D eigenvalue weighted by atomic mass is 16.2. The van der Waals surface area contributed by atoms with Crippen molar-refractivity contribution in [1.29, 1.82) is 0 Å². The smallest absolute Gasteiger partial charge is 0.325 e. The summed E-state index contributed by atoms with van der Waals surface area (Å²) < 4.78 is 0. The van der Waals surface area contributed by atoms with Gasteiger partial charge in [-0.1, -0.05) is 18.2 Å². The van der Waals surface area contributed by atoms with Crippen molar-refractivity contribution in [3.63, 3.8) is 0 Å². The van der Waals surface area contributed by atoms with E-state index >= 15 is 0 Å². The van der Waals surface area contributed by atoms with Crippen molar-refractivity contribution in [1.82, 2.24) is 20.4 Å². The number of hydrogen-bond donors (Lipinski definition) is 2. The van der Waals surface area contributed by atoms with Crippen LogP contribution in [0.5, 0.6) is 0 Å². The molecule has 2 heterocycles. The van der Waals surface area contributed by atoms with E-state index in [0.717, 1.165) is 4.90 Å². The van der Waals surface area contributed by atoms with Gasteiger partial charge in [-0.2, -0.15) is 0 Å². The first-order valence-electron chi connectivity index (χ1n) is 9.06. The van der Waals surface area contributed by atoms with Crippen molar-refractivity contribution in [3.8, 4) is 0 Å². The summed E-state index contributed by atoms with van der Waals surface area (Å²) in [5, 5.41) is 5.55. The zero-order valence-electron chi connectivity index (χ0n) is 15.5. The fourth-order valence-corrected chi connectivity index (χ4v) is 3.33. The Kier molecular flexibility index (Phi) is 5.16. The van der Waals surface area contributed by atoms with Crippen LogP contribution in [0.3, 0.4) is 0 Å². The van der Waals surface area contributed by atoms with Crippen molar-refractivity contribution in [2.24, 2.45) is 0 Å². The van der Waals surface area contributed by atoms with Crippen molar-refractivity contribution >= 4 is 23.8 Å². The predicted molar refractivity (Wildman–Crippen MR) is 97.8 cm³/mol. The number of carbonyl (C=O) groups excluding carboxylic acids is 4. The van der Waals surface area contributed by atoms with Crippen LogP contribution in [0, 0.1) is 0 Å². The highest BCUT2D eigenvalue weighted by Crippen LogP contribution is 2.18. The largest absolute Gasteiger partial charge is 0.349 e. The van der Waals surface area contributed by atoms with Gasteiger partial charge in [-0.25, -0.2) is 4.79 Å². The Morgan fingerprint density at radius 1 is 1.15 bits per heavy atom. The van der Waals surface area contributed by atoms with Gasteiger partial charge in [0.15, 0.2) is 0 Å². The molecule has 8 heteroatoms. The van der Waals surface area contributed by atoms with E-state index < -0.39 is 17.5 Å². The second kappa shape index (κ2) is 7.38. The summed E-state index contributed by atoms with van der Waals surface area (Å²) in [6.07, 6.45) is 1.27. The predicted octanol–water partition coefficient (Wildman–Crippen LogP) is 0.738. The van der Waals surface area contributed by atoms with Gasteiger partial charge in [-0.3, -0.25) is 19.3 Å². The molecule has 2 aliphatic heterocycles. The topological polar surface area (TPSA) is 98.8 Å². The van der Waals surface area contributed by atoms with Gasteiger partial charge < -0.3 is 15.5 Å². The third-order valence-corrected chi connectivity index (χ3v) is 4.96. The Bertz CT molecular complexity index is 754. The van der Waals surface area contributed by atoms with Crippen LogP contribution in [-0.4, -0.2) is 64.8 Å². The summed E-state index contributed by atoms with van der Waals surface area (Å²) in [4.78, 5) is 51.4. The molecule has 2 fully saturated rings. The molecule has 8 nitrogen and oxygen atoms in total. The monoisotopic (exact) mass is 372 g/mol. The lowest BCUT2D eigenvalue weighted by Crippen LogP contribution is -2.50. The summed E-state index contributed by atoms with van der Waals surface area (Å²) in [6.45, 7) is 3.92. The van der Waals surface area contributed by atoms with Crippen LogP contribution in [0.2, 0.25) is 0 Å². The van der Waals surface area contributed by atoms with Crippen LogP contribution in [0.25, 0.3) is 0 Å².